The monoisotopic (exact) mass is 300 g/mol. The van der Waals surface area contributed by atoms with Crippen LogP contribution in [0.15, 0.2) is 48.5 Å². The highest BCUT2D eigenvalue weighted by molar-refractivity contribution is 6.30. The topological polar surface area (TPSA) is 27.1 Å². The van der Waals surface area contributed by atoms with Gasteiger partial charge in [0.1, 0.15) is 18.2 Å². The summed E-state index contributed by atoms with van der Waals surface area (Å²) in [4.78, 5) is 4.66. The Labute approximate surface area is 129 Å². The second-order valence-electron chi connectivity index (χ2n) is 4.83. The molecule has 3 rings (SSSR count). The molecule has 0 bridgehead atoms. The van der Waals surface area contributed by atoms with Gasteiger partial charge in [0.05, 0.1) is 17.6 Å². The summed E-state index contributed by atoms with van der Waals surface area (Å²) in [5, 5.41) is 0.690. The van der Waals surface area contributed by atoms with E-state index in [1.807, 2.05) is 42.5 Å². The summed E-state index contributed by atoms with van der Waals surface area (Å²) in [6.45, 7) is 3.49. The van der Waals surface area contributed by atoms with E-state index in [0.29, 0.717) is 11.6 Å². The van der Waals surface area contributed by atoms with Gasteiger partial charge in [-0.25, -0.2) is 4.98 Å². The lowest BCUT2D eigenvalue weighted by atomic mass is 10.3. The second kappa shape index (κ2) is 6.19. The summed E-state index contributed by atoms with van der Waals surface area (Å²) in [6.07, 6.45) is 0.909. The molecule has 108 valence electrons. The van der Waals surface area contributed by atoms with Crippen LogP contribution in [0.25, 0.3) is 11.0 Å². The van der Waals surface area contributed by atoms with Gasteiger partial charge in [0.25, 0.3) is 0 Å². The third-order valence-electron chi connectivity index (χ3n) is 3.43. The van der Waals surface area contributed by atoms with Crippen molar-refractivity contribution in [3.05, 3.63) is 59.4 Å². The predicted molar refractivity (Wildman–Crippen MR) is 86.1 cm³/mol. The average Bonchev–Trinajstić information content (AvgIpc) is 2.86. The van der Waals surface area contributed by atoms with Crippen LogP contribution in [0.2, 0.25) is 5.02 Å². The van der Waals surface area contributed by atoms with Crippen LogP contribution in [0, 0.1) is 0 Å². The van der Waals surface area contributed by atoms with E-state index in [2.05, 4.69) is 22.5 Å². The van der Waals surface area contributed by atoms with Crippen molar-refractivity contribution in [2.75, 3.05) is 6.61 Å². The maximum Gasteiger partial charge on any atom is 0.120 e. The van der Waals surface area contributed by atoms with Gasteiger partial charge in [-0.3, -0.25) is 0 Å². The Morgan fingerprint density at radius 1 is 1.14 bits per heavy atom. The molecule has 0 aliphatic carbocycles. The summed E-state index contributed by atoms with van der Waals surface area (Å²) in [5.41, 5.74) is 2.20. The summed E-state index contributed by atoms with van der Waals surface area (Å²) in [5.74, 6) is 1.89. The smallest absolute Gasteiger partial charge is 0.120 e. The fourth-order valence-corrected chi connectivity index (χ4v) is 2.64. The van der Waals surface area contributed by atoms with Crippen molar-refractivity contribution in [1.82, 2.24) is 9.55 Å². The molecule has 0 amide bonds. The van der Waals surface area contributed by atoms with Crippen molar-refractivity contribution in [3.8, 4) is 5.75 Å². The van der Waals surface area contributed by atoms with Crippen molar-refractivity contribution in [2.24, 2.45) is 0 Å². The van der Waals surface area contributed by atoms with Gasteiger partial charge >= 0.3 is 0 Å². The van der Waals surface area contributed by atoms with E-state index in [1.54, 1.807) is 0 Å². The Morgan fingerprint density at radius 2 is 2.00 bits per heavy atom. The van der Waals surface area contributed by atoms with Crippen molar-refractivity contribution in [3.63, 3.8) is 0 Å². The van der Waals surface area contributed by atoms with E-state index in [-0.39, 0.29) is 0 Å². The molecule has 1 heterocycles. The quantitative estimate of drug-likeness (QED) is 0.701. The highest BCUT2D eigenvalue weighted by atomic mass is 35.5. The van der Waals surface area contributed by atoms with Gasteiger partial charge in [-0.15, -0.1) is 0 Å². The number of ether oxygens (including phenoxy) is 1. The fourth-order valence-electron chi connectivity index (χ4n) is 2.46. The van der Waals surface area contributed by atoms with Crippen LogP contribution in [-0.4, -0.2) is 16.2 Å². The molecule has 0 atom stereocenters. The van der Waals surface area contributed by atoms with Gasteiger partial charge in [0.15, 0.2) is 0 Å². The largest absolute Gasteiger partial charge is 0.492 e. The Kier molecular flexibility index (Phi) is 4.11. The number of hydrogen-bond donors (Lipinski definition) is 0. The number of benzene rings is 2. The van der Waals surface area contributed by atoms with Crippen LogP contribution < -0.4 is 4.74 Å². The average molecular weight is 301 g/mol. The zero-order chi connectivity index (χ0) is 14.7. The SMILES string of the molecule is CCc1nc2ccccc2n1CCOc1cccc(Cl)c1. The van der Waals surface area contributed by atoms with Crippen molar-refractivity contribution >= 4 is 22.6 Å². The van der Waals surface area contributed by atoms with E-state index in [0.717, 1.165) is 35.6 Å². The summed E-state index contributed by atoms with van der Waals surface area (Å²) in [7, 11) is 0. The first kappa shape index (κ1) is 14.0. The Hall–Kier alpha value is -2.00. The summed E-state index contributed by atoms with van der Waals surface area (Å²) >= 11 is 5.95. The normalized spacial score (nSPS) is 11.0. The van der Waals surface area contributed by atoms with E-state index in [4.69, 9.17) is 16.3 Å². The minimum absolute atomic E-state index is 0.591. The Balaban J connectivity index is 1.75. The number of para-hydroxylation sites is 2. The lowest BCUT2D eigenvalue weighted by molar-refractivity contribution is 0.298. The molecule has 0 saturated heterocycles. The maximum absolute atomic E-state index is 5.95. The van der Waals surface area contributed by atoms with Crippen LogP contribution in [0.5, 0.6) is 5.75 Å². The van der Waals surface area contributed by atoms with Crippen molar-refractivity contribution < 1.29 is 4.74 Å². The van der Waals surface area contributed by atoms with Crippen LogP contribution in [0.3, 0.4) is 0 Å². The first-order valence-electron chi connectivity index (χ1n) is 7.10. The van der Waals surface area contributed by atoms with Gasteiger partial charge in [0.2, 0.25) is 0 Å². The number of imidazole rings is 1. The second-order valence-corrected chi connectivity index (χ2v) is 5.26. The zero-order valence-corrected chi connectivity index (χ0v) is 12.7. The molecule has 0 N–H and O–H groups in total. The standard InChI is InChI=1S/C17H17ClN2O/c1-2-17-19-15-8-3-4-9-16(15)20(17)10-11-21-14-7-5-6-13(18)12-14/h3-9,12H,2,10-11H2,1H3. The number of nitrogens with zero attached hydrogens (tertiary/aromatic N) is 2. The third-order valence-corrected chi connectivity index (χ3v) is 3.66. The number of hydrogen-bond acceptors (Lipinski definition) is 2. The van der Waals surface area contributed by atoms with Crippen LogP contribution in [0.1, 0.15) is 12.7 Å². The lowest BCUT2D eigenvalue weighted by Crippen LogP contribution is -2.10. The molecular weight excluding hydrogens is 284 g/mol. The predicted octanol–water partition coefficient (Wildman–Crippen LogP) is 4.33. The molecule has 0 saturated carbocycles. The minimum atomic E-state index is 0.591. The molecule has 1 aromatic heterocycles. The molecular formula is C17H17ClN2O. The highest BCUT2D eigenvalue weighted by Crippen LogP contribution is 2.19. The molecule has 0 aliphatic heterocycles. The summed E-state index contributed by atoms with van der Waals surface area (Å²) < 4.78 is 8.00. The molecule has 0 aliphatic rings. The number of halogens is 1. The lowest BCUT2D eigenvalue weighted by Gasteiger charge is -2.10. The molecule has 0 spiro atoms. The first-order chi connectivity index (χ1) is 10.3. The number of rotatable bonds is 5. The van der Waals surface area contributed by atoms with Gasteiger partial charge in [0, 0.05) is 11.4 Å². The fraction of sp³-hybridized carbons (Fsp3) is 0.235. The molecule has 3 nitrogen and oxygen atoms in total. The van der Waals surface area contributed by atoms with Gasteiger partial charge in [-0.1, -0.05) is 36.7 Å². The Morgan fingerprint density at radius 3 is 2.81 bits per heavy atom. The van der Waals surface area contributed by atoms with Crippen LogP contribution in [0.4, 0.5) is 0 Å². The van der Waals surface area contributed by atoms with Gasteiger partial charge < -0.3 is 9.30 Å². The number of aryl methyl sites for hydroxylation is 1. The van der Waals surface area contributed by atoms with E-state index < -0.39 is 0 Å². The maximum atomic E-state index is 5.95. The zero-order valence-electron chi connectivity index (χ0n) is 11.9. The number of aromatic nitrogens is 2. The third kappa shape index (κ3) is 3.03. The van der Waals surface area contributed by atoms with Crippen molar-refractivity contribution in [1.29, 1.82) is 0 Å². The van der Waals surface area contributed by atoms with E-state index >= 15 is 0 Å². The van der Waals surface area contributed by atoms with E-state index in [9.17, 15) is 0 Å². The van der Waals surface area contributed by atoms with Crippen LogP contribution >= 0.6 is 11.6 Å². The molecule has 3 aromatic rings. The first-order valence-corrected chi connectivity index (χ1v) is 7.48. The van der Waals surface area contributed by atoms with Crippen LogP contribution in [-0.2, 0) is 13.0 Å². The molecule has 2 aromatic carbocycles. The summed E-state index contributed by atoms with van der Waals surface area (Å²) in [6, 6.07) is 15.7. The molecule has 0 fully saturated rings. The van der Waals surface area contributed by atoms with E-state index in [1.165, 1.54) is 0 Å². The Bertz CT molecular complexity index is 751. The number of fused-ring (bicyclic) bond motifs is 1. The van der Waals surface area contributed by atoms with Gasteiger partial charge in [-0.2, -0.15) is 0 Å². The molecule has 0 radical (unpaired) electrons. The molecule has 21 heavy (non-hydrogen) atoms. The molecule has 4 heteroatoms. The highest BCUT2D eigenvalue weighted by Gasteiger charge is 2.08. The van der Waals surface area contributed by atoms with Gasteiger partial charge in [-0.05, 0) is 30.3 Å². The minimum Gasteiger partial charge on any atom is -0.492 e. The van der Waals surface area contributed by atoms with Crippen molar-refractivity contribution in [2.45, 2.75) is 19.9 Å². The molecule has 0 unspecified atom stereocenters.